The smallest absolute Gasteiger partial charge is 0.140 e. The van der Waals surface area contributed by atoms with Gasteiger partial charge < -0.3 is 10.1 Å². The number of hydrogen-bond donors (Lipinski definition) is 1. The Morgan fingerprint density at radius 1 is 1.41 bits per heavy atom. The Kier molecular flexibility index (Phi) is 6.81. The fourth-order valence-electron chi connectivity index (χ4n) is 1.74. The molecule has 0 aliphatic carbocycles. The minimum Gasteiger partial charge on any atom is -0.383 e. The van der Waals surface area contributed by atoms with E-state index in [0.717, 1.165) is 32.1 Å². The summed E-state index contributed by atoms with van der Waals surface area (Å²) in [5, 5.41) is 7.58. The molecule has 1 aromatic rings. The highest BCUT2D eigenvalue weighted by atomic mass is 16.5. The number of aromatic nitrogens is 3. The number of hydrogen-bond acceptors (Lipinski definition) is 4. The summed E-state index contributed by atoms with van der Waals surface area (Å²) in [7, 11) is 1.71. The van der Waals surface area contributed by atoms with E-state index in [4.69, 9.17) is 4.74 Å². The average Bonchev–Trinajstić information content (AvgIpc) is 2.79. The quantitative estimate of drug-likeness (QED) is 0.664. The van der Waals surface area contributed by atoms with E-state index in [9.17, 15) is 0 Å². The van der Waals surface area contributed by atoms with Crippen molar-refractivity contribution < 1.29 is 4.74 Å². The van der Waals surface area contributed by atoms with Gasteiger partial charge in [-0.25, -0.2) is 9.67 Å². The molecule has 0 unspecified atom stereocenters. The van der Waals surface area contributed by atoms with Gasteiger partial charge >= 0.3 is 0 Å². The highest BCUT2D eigenvalue weighted by Crippen LogP contribution is 2.10. The van der Waals surface area contributed by atoms with Gasteiger partial charge in [0.25, 0.3) is 0 Å². The number of methoxy groups -OCH3 is 1. The van der Waals surface area contributed by atoms with E-state index >= 15 is 0 Å². The fourth-order valence-corrected chi connectivity index (χ4v) is 1.74. The van der Waals surface area contributed by atoms with Gasteiger partial charge in [-0.05, 0) is 5.92 Å². The molecule has 0 aromatic carbocycles. The van der Waals surface area contributed by atoms with Gasteiger partial charge in [0.15, 0.2) is 0 Å². The molecule has 0 aliphatic heterocycles. The molecule has 0 fully saturated rings. The van der Waals surface area contributed by atoms with Crippen LogP contribution < -0.4 is 5.32 Å². The molecule has 0 amide bonds. The van der Waals surface area contributed by atoms with Crippen LogP contribution in [0.1, 0.15) is 32.5 Å². The lowest BCUT2D eigenvalue weighted by Gasteiger charge is -2.14. The maximum absolute atomic E-state index is 4.99. The van der Waals surface area contributed by atoms with Gasteiger partial charge in [0, 0.05) is 20.2 Å². The minimum atomic E-state index is 0.689. The Hall–Kier alpha value is -0.940. The maximum atomic E-state index is 4.99. The molecule has 0 bridgehead atoms. The largest absolute Gasteiger partial charge is 0.383 e. The molecule has 5 heteroatoms. The lowest BCUT2D eigenvalue weighted by atomic mass is 10.0. The van der Waals surface area contributed by atoms with Gasteiger partial charge in [0.2, 0.25) is 0 Å². The maximum Gasteiger partial charge on any atom is 0.140 e. The summed E-state index contributed by atoms with van der Waals surface area (Å²) < 4.78 is 7.00. The third kappa shape index (κ3) is 4.83. The summed E-state index contributed by atoms with van der Waals surface area (Å²) in [5.74, 6) is 1.70. The Morgan fingerprint density at radius 2 is 2.18 bits per heavy atom. The molecule has 98 valence electrons. The first-order valence-corrected chi connectivity index (χ1v) is 6.38. The highest BCUT2D eigenvalue weighted by Gasteiger charge is 2.09. The van der Waals surface area contributed by atoms with E-state index in [1.54, 1.807) is 13.4 Å². The fraction of sp³-hybridized carbons (Fsp3) is 0.833. The van der Waals surface area contributed by atoms with E-state index in [0.29, 0.717) is 5.92 Å². The first-order chi connectivity index (χ1) is 8.31. The summed E-state index contributed by atoms with van der Waals surface area (Å²) in [6.07, 6.45) is 4.01. The van der Waals surface area contributed by atoms with Crippen LogP contribution in [-0.4, -0.2) is 35.0 Å². The van der Waals surface area contributed by atoms with Crippen LogP contribution in [-0.2, 0) is 17.8 Å². The highest BCUT2D eigenvalue weighted by molar-refractivity contribution is 4.84. The normalized spacial score (nSPS) is 11.3. The summed E-state index contributed by atoms with van der Waals surface area (Å²) in [6, 6.07) is 0. The van der Waals surface area contributed by atoms with Gasteiger partial charge in [-0.1, -0.05) is 26.7 Å². The Balaban J connectivity index is 2.42. The van der Waals surface area contributed by atoms with Crippen molar-refractivity contribution in [2.24, 2.45) is 5.92 Å². The van der Waals surface area contributed by atoms with Crippen molar-refractivity contribution in [3.63, 3.8) is 0 Å². The van der Waals surface area contributed by atoms with Crippen molar-refractivity contribution in [1.82, 2.24) is 20.1 Å². The van der Waals surface area contributed by atoms with Gasteiger partial charge in [0.05, 0.1) is 13.2 Å². The molecule has 0 saturated carbocycles. The van der Waals surface area contributed by atoms with Gasteiger partial charge in [0.1, 0.15) is 12.2 Å². The van der Waals surface area contributed by atoms with Crippen LogP contribution in [0.2, 0.25) is 0 Å². The van der Waals surface area contributed by atoms with Gasteiger partial charge in [-0.2, -0.15) is 5.10 Å². The predicted octanol–water partition coefficient (Wildman–Crippen LogP) is 1.45. The molecule has 0 atom stereocenters. The zero-order valence-corrected chi connectivity index (χ0v) is 11.1. The summed E-state index contributed by atoms with van der Waals surface area (Å²) in [6.45, 7) is 7.73. The van der Waals surface area contributed by atoms with Crippen LogP contribution in [0.25, 0.3) is 0 Å². The second kappa shape index (κ2) is 8.20. The number of ether oxygens (including phenoxy) is 1. The van der Waals surface area contributed by atoms with Crippen molar-refractivity contribution >= 4 is 0 Å². The van der Waals surface area contributed by atoms with Crippen LogP contribution in [0.3, 0.4) is 0 Å². The lowest BCUT2D eigenvalue weighted by Crippen LogP contribution is -2.22. The molecule has 5 nitrogen and oxygen atoms in total. The van der Waals surface area contributed by atoms with Crippen LogP contribution in [0.5, 0.6) is 0 Å². The van der Waals surface area contributed by atoms with Crippen molar-refractivity contribution in [1.29, 1.82) is 0 Å². The Morgan fingerprint density at radius 3 is 2.82 bits per heavy atom. The molecule has 1 N–H and O–H groups in total. The predicted molar refractivity (Wildman–Crippen MR) is 67.7 cm³/mol. The van der Waals surface area contributed by atoms with E-state index in [2.05, 4.69) is 29.2 Å². The number of nitrogens with zero attached hydrogens (tertiary/aromatic N) is 3. The Bertz CT molecular complexity index is 296. The van der Waals surface area contributed by atoms with Crippen LogP contribution in [0, 0.1) is 5.92 Å². The van der Waals surface area contributed by atoms with Crippen LogP contribution >= 0.6 is 0 Å². The molecule has 0 aliphatic rings. The second-order valence-electron chi connectivity index (χ2n) is 4.21. The topological polar surface area (TPSA) is 52.0 Å². The van der Waals surface area contributed by atoms with Crippen molar-refractivity contribution in [2.75, 3.05) is 20.3 Å². The SMILES string of the molecule is CCC(CC)Cn1ncnc1CNCCOC. The zero-order chi connectivity index (χ0) is 12.5. The van der Waals surface area contributed by atoms with Crippen molar-refractivity contribution in [3.05, 3.63) is 12.2 Å². The summed E-state index contributed by atoms with van der Waals surface area (Å²) in [5.41, 5.74) is 0. The van der Waals surface area contributed by atoms with E-state index in [1.165, 1.54) is 12.8 Å². The molecule has 1 heterocycles. The third-order valence-corrected chi connectivity index (χ3v) is 3.05. The van der Waals surface area contributed by atoms with Crippen molar-refractivity contribution in [2.45, 2.75) is 39.8 Å². The molecule has 0 saturated heterocycles. The zero-order valence-electron chi connectivity index (χ0n) is 11.1. The van der Waals surface area contributed by atoms with Gasteiger partial charge in [-0.3, -0.25) is 0 Å². The lowest BCUT2D eigenvalue weighted by molar-refractivity contribution is 0.198. The molecule has 17 heavy (non-hydrogen) atoms. The van der Waals surface area contributed by atoms with Gasteiger partial charge in [-0.15, -0.1) is 0 Å². The van der Waals surface area contributed by atoms with E-state index < -0.39 is 0 Å². The van der Waals surface area contributed by atoms with E-state index in [-0.39, 0.29) is 0 Å². The monoisotopic (exact) mass is 240 g/mol. The van der Waals surface area contributed by atoms with E-state index in [1.807, 2.05) is 4.68 Å². The molecule has 1 aromatic heterocycles. The summed E-state index contributed by atoms with van der Waals surface area (Å²) in [4.78, 5) is 4.28. The standard InChI is InChI=1S/C12H24N4O/c1-4-11(5-2)9-16-12(14-10-15-16)8-13-6-7-17-3/h10-11,13H,4-9H2,1-3H3. The first kappa shape index (κ1) is 14.1. The molecular weight excluding hydrogens is 216 g/mol. The molecular formula is C12H24N4O. The second-order valence-corrected chi connectivity index (χ2v) is 4.21. The summed E-state index contributed by atoms with van der Waals surface area (Å²) >= 11 is 0. The third-order valence-electron chi connectivity index (χ3n) is 3.05. The molecule has 1 rings (SSSR count). The first-order valence-electron chi connectivity index (χ1n) is 6.38. The van der Waals surface area contributed by atoms with Crippen molar-refractivity contribution in [3.8, 4) is 0 Å². The Labute approximate surface area is 104 Å². The van der Waals surface area contributed by atoms with Crippen LogP contribution in [0.4, 0.5) is 0 Å². The number of rotatable bonds is 9. The molecule has 0 radical (unpaired) electrons. The average molecular weight is 240 g/mol. The minimum absolute atomic E-state index is 0.689. The molecule has 0 spiro atoms. The number of nitrogens with one attached hydrogen (secondary N) is 1. The van der Waals surface area contributed by atoms with Crippen LogP contribution in [0.15, 0.2) is 6.33 Å².